The summed E-state index contributed by atoms with van der Waals surface area (Å²) in [5, 5.41) is 7.54. The Bertz CT molecular complexity index is 1670. The van der Waals surface area contributed by atoms with E-state index in [0.717, 1.165) is 43.4 Å². The van der Waals surface area contributed by atoms with Gasteiger partial charge in [-0.15, -0.1) is 0 Å². The van der Waals surface area contributed by atoms with Crippen LogP contribution in [0.5, 0.6) is 0 Å². The molecule has 0 radical (unpaired) electrons. The summed E-state index contributed by atoms with van der Waals surface area (Å²) in [6.07, 6.45) is 3.93. The maximum absolute atomic E-state index is 15.4. The number of hydrogen-bond acceptors (Lipinski definition) is 5. The number of nitrogens with zero attached hydrogens (tertiary/aromatic N) is 4. The monoisotopic (exact) mass is 553 g/mol. The number of nitrogens with one attached hydrogen (secondary N) is 1. The Labute approximate surface area is 237 Å². The highest BCUT2D eigenvalue weighted by atomic mass is 19.1. The number of ether oxygens (including phenoxy) is 1. The molecular formula is C32H32FN5O3. The smallest absolute Gasteiger partial charge is 0.407 e. The molecule has 210 valence electrons. The van der Waals surface area contributed by atoms with E-state index in [0.29, 0.717) is 35.1 Å². The van der Waals surface area contributed by atoms with Crippen LogP contribution in [0.3, 0.4) is 0 Å². The van der Waals surface area contributed by atoms with Crippen LogP contribution in [0, 0.1) is 5.82 Å². The molecule has 2 amide bonds. The van der Waals surface area contributed by atoms with Crippen molar-refractivity contribution in [1.29, 1.82) is 0 Å². The van der Waals surface area contributed by atoms with E-state index in [4.69, 9.17) is 10.1 Å². The molecule has 1 N–H and O–H groups in total. The van der Waals surface area contributed by atoms with E-state index in [9.17, 15) is 9.59 Å². The lowest BCUT2D eigenvalue weighted by molar-refractivity contribution is 0.0671. The maximum Gasteiger partial charge on any atom is 0.407 e. The van der Waals surface area contributed by atoms with Crippen LogP contribution in [0.4, 0.5) is 9.18 Å². The number of fused-ring (bicyclic) bond motifs is 2. The number of carbonyl (C=O) groups excluding carboxylic acids is 2. The summed E-state index contributed by atoms with van der Waals surface area (Å²) in [6, 6.07) is 17.2. The summed E-state index contributed by atoms with van der Waals surface area (Å²) in [6.45, 7) is 2.71. The maximum atomic E-state index is 15.4. The van der Waals surface area contributed by atoms with Crippen molar-refractivity contribution >= 4 is 17.6 Å². The van der Waals surface area contributed by atoms with Crippen LogP contribution in [0.15, 0.2) is 54.6 Å². The molecule has 2 aliphatic carbocycles. The van der Waals surface area contributed by atoms with E-state index in [-0.39, 0.29) is 29.7 Å². The van der Waals surface area contributed by atoms with Crippen LogP contribution in [0.25, 0.3) is 16.9 Å². The van der Waals surface area contributed by atoms with Gasteiger partial charge in [0, 0.05) is 35.8 Å². The third-order valence-corrected chi connectivity index (χ3v) is 8.91. The molecule has 7 rings (SSSR count). The second-order valence-corrected chi connectivity index (χ2v) is 11.5. The first-order valence-electron chi connectivity index (χ1n) is 14.3. The van der Waals surface area contributed by atoms with Crippen molar-refractivity contribution in [3.8, 4) is 11.3 Å². The molecule has 0 saturated heterocycles. The Kier molecular flexibility index (Phi) is 6.25. The van der Waals surface area contributed by atoms with Crippen molar-refractivity contribution in [1.82, 2.24) is 24.8 Å². The molecule has 2 saturated carbocycles. The van der Waals surface area contributed by atoms with Gasteiger partial charge in [0.15, 0.2) is 5.65 Å². The van der Waals surface area contributed by atoms with Crippen molar-refractivity contribution < 1.29 is 18.7 Å². The van der Waals surface area contributed by atoms with Gasteiger partial charge in [0.25, 0.3) is 5.91 Å². The number of hydrogen-bond donors (Lipinski definition) is 1. The third kappa shape index (κ3) is 4.63. The average molecular weight is 554 g/mol. The molecule has 2 aromatic carbocycles. The summed E-state index contributed by atoms with van der Waals surface area (Å²) < 4.78 is 21.8. The van der Waals surface area contributed by atoms with Crippen LogP contribution in [-0.4, -0.2) is 51.2 Å². The lowest BCUT2D eigenvalue weighted by Crippen LogP contribution is -2.43. The number of alkyl carbamates (subject to hydrolysis) is 1. The Morgan fingerprint density at radius 2 is 1.85 bits per heavy atom. The zero-order valence-electron chi connectivity index (χ0n) is 23.1. The molecule has 3 heterocycles. The van der Waals surface area contributed by atoms with Crippen LogP contribution in [0.1, 0.15) is 83.4 Å². The first kappa shape index (κ1) is 25.7. The van der Waals surface area contributed by atoms with E-state index < -0.39 is 6.09 Å². The molecule has 4 aromatic rings. The van der Waals surface area contributed by atoms with Gasteiger partial charge in [0.1, 0.15) is 11.5 Å². The highest BCUT2D eigenvalue weighted by Gasteiger charge is 2.34. The van der Waals surface area contributed by atoms with Crippen LogP contribution >= 0.6 is 0 Å². The number of amides is 2. The van der Waals surface area contributed by atoms with E-state index in [1.54, 1.807) is 22.7 Å². The quantitative estimate of drug-likeness (QED) is 0.339. The number of rotatable bonds is 5. The molecule has 0 unspecified atom stereocenters. The Balaban J connectivity index is 1.16. The molecule has 1 aliphatic heterocycles. The van der Waals surface area contributed by atoms with E-state index in [2.05, 4.69) is 29.1 Å². The van der Waals surface area contributed by atoms with Gasteiger partial charge in [-0.25, -0.2) is 18.7 Å². The predicted octanol–water partition coefficient (Wildman–Crippen LogP) is 5.77. The second kappa shape index (κ2) is 9.98. The minimum absolute atomic E-state index is 0.0369. The van der Waals surface area contributed by atoms with Crippen molar-refractivity contribution in [3.63, 3.8) is 0 Å². The highest BCUT2D eigenvalue weighted by Crippen LogP contribution is 2.42. The van der Waals surface area contributed by atoms with Gasteiger partial charge in [-0.3, -0.25) is 4.79 Å². The summed E-state index contributed by atoms with van der Waals surface area (Å²) in [5.41, 5.74) is 6.17. The molecule has 8 nitrogen and oxygen atoms in total. The summed E-state index contributed by atoms with van der Waals surface area (Å²) in [7, 11) is 1.34. The van der Waals surface area contributed by atoms with Gasteiger partial charge >= 0.3 is 6.09 Å². The zero-order valence-corrected chi connectivity index (χ0v) is 23.1. The van der Waals surface area contributed by atoms with E-state index in [1.165, 1.54) is 18.2 Å². The Hall–Kier alpha value is -4.27. The van der Waals surface area contributed by atoms with Gasteiger partial charge < -0.3 is 15.0 Å². The minimum atomic E-state index is -0.443. The molecule has 41 heavy (non-hydrogen) atoms. The number of aromatic nitrogens is 3. The number of carbonyl (C=O) groups is 2. The lowest BCUT2D eigenvalue weighted by Gasteiger charge is -2.35. The Morgan fingerprint density at radius 1 is 1.05 bits per heavy atom. The summed E-state index contributed by atoms with van der Waals surface area (Å²) >= 11 is 0. The second-order valence-electron chi connectivity index (χ2n) is 11.5. The molecule has 0 spiro atoms. The van der Waals surface area contributed by atoms with Crippen LogP contribution < -0.4 is 5.32 Å². The van der Waals surface area contributed by atoms with Gasteiger partial charge in [-0.2, -0.15) is 5.10 Å². The fourth-order valence-corrected chi connectivity index (χ4v) is 6.33. The zero-order chi connectivity index (χ0) is 28.2. The molecular weight excluding hydrogens is 521 g/mol. The fourth-order valence-electron chi connectivity index (χ4n) is 6.33. The lowest BCUT2D eigenvalue weighted by atomic mass is 9.75. The highest BCUT2D eigenvalue weighted by molar-refractivity contribution is 5.93. The topological polar surface area (TPSA) is 88.8 Å². The van der Waals surface area contributed by atoms with Crippen molar-refractivity contribution in [2.45, 2.75) is 62.9 Å². The minimum Gasteiger partial charge on any atom is -0.453 e. The van der Waals surface area contributed by atoms with Gasteiger partial charge in [0.2, 0.25) is 0 Å². The Morgan fingerprint density at radius 3 is 2.61 bits per heavy atom. The average Bonchev–Trinajstić information content (AvgIpc) is 3.72. The standard InChI is InChI=1S/C32H32FN5O3/c1-18-24-6-4-3-5-19(24)11-12-37(18)31(39)28-16-29(20-7-8-20)38-30(35-28)17-27(36-38)25-10-9-21(15-26(25)33)22-13-23(14-22)34-32(40)41-2/h3-6,9-10,15-18,20,22-23H,7-8,11-14H2,1-2H3,(H,34,40)/t18-,22?,23?/m1/s1. The molecule has 0 bridgehead atoms. The normalized spacial score (nSPS) is 21.7. The SMILES string of the molecule is COC(=O)NC1CC(c2ccc(-c3cc4nc(C(=O)N5CCc6ccccc6[C@H]5C)cc(C5CC5)n4n3)c(F)c2)C1. The molecule has 3 aliphatic rings. The summed E-state index contributed by atoms with van der Waals surface area (Å²) in [4.78, 5) is 31.8. The summed E-state index contributed by atoms with van der Waals surface area (Å²) in [5.74, 6) is 0.0647. The molecule has 2 aromatic heterocycles. The molecule has 2 fully saturated rings. The third-order valence-electron chi connectivity index (χ3n) is 8.91. The first-order chi connectivity index (χ1) is 19.9. The van der Waals surface area contributed by atoms with Gasteiger partial charge in [-0.05, 0) is 79.8 Å². The van der Waals surface area contributed by atoms with Crippen LogP contribution in [0.2, 0.25) is 0 Å². The predicted molar refractivity (Wildman–Crippen MR) is 151 cm³/mol. The fraction of sp³-hybridized carbons (Fsp3) is 0.375. The van der Waals surface area contributed by atoms with Crippen LogP contribution in [-0.2, 0) is 11.2 Å². The van der Waals surface area contributed by atoms with Gasteiger partial charge in [-0.1, -0.05) is 30.3 Å². The molecule has 9 heteroatoms. The largest absolute Gasteiger partial charge is 0.453 e. The van der Waals surface area contributed by atoms with E-state index >= 15 is 4.39 Å². The number of methoxy groups -OCH3 is 1. The molecule has 1 atom stereocenters. The number of halogens is 1. The van der Waals surface area contributed by atoms with Crippen molar-refractivity contribution in [2.75, 3.05) is 13.7 Å². The number of benzene rings is 2. The van der Waals surface area contributed by atoms with E-state index in [1.807, 2.05) is 29.2 Å². The first-order valence-corrected chi connectivity index (χ1v) is 14.3. The van der Waals surface area contributed by atoms with Crippen molar-refractivity contribution in [3.05, 3.63) is 88.5 Å². The van der Waals surface area contributed by atoms with Crippen molar-refractivity contribution in [2.24, 2.45) is 0 Å². The van der Waals surface area contributed by atoms with Gasteiger partial charge in [0.05, 0.1) is 18.8 Å².